The molecular formula is C62H55NO2. The lowest BCUT2D eigenvalue weighted by atomic mass is 9.79. The Hall–Kier alpha value is -6.84. The van der Waals surface area contributed by atoms with E-state index in [-0.39, 0.29) is 21.7 Å². The van der Waals surface area contributed by atoms with Gasteiger partial charge in [0.15, 0.2) is 0 Å². The van der Waals surface area contributed by atoms with Gasteiger partial charge in [-0.05, 0) is 109 Å². The summed E-state index contributed by atoms with van der Waals surface area (Å²) in [7, 11) is 0. The van der Waals surface area contributed by atoms with Crippen molar-refractivity contribution in [2.24, 2.45) is 0 Å². The van der Waals surface area contributed by atoms with E-state index >= 15 is 0 Å². The van der Waals surface area contributed by atoms with Crippen molar-refractivity contribution in [2.45, 2.75) is 90.9 Å². The predicted molar refractivity (Wildman–Crippen MR) is 274 cm³/mol. The molecule has 3 heteroatoms. The number of rotatable bonds is 4. The summed E-state index contributed by atoms with van der Waals surface area (Å²) in [6.07, 6.45) is 0. The number of benzene rings is 8. The van der Waals surface area contributed by atoms with Gasteiger partial charge in [-0.1, -0.05) is 172 Å². The van der Waals surface area contributed by atoms with Crippen LogP contribution in [0.2, 0.25) is 0 Å². The smallest absolute Gasteiger partial charge is 0.143 e. The van der Waals surface area contributed by atoms with Gasteiger partial charge in [-0.3, -0.25) is 0 Å². The lowest BCUT2D eigenvalue weighted by Gasteiger charge is -2.30. The number of para-hydroxylation sites is 2. The highest BCUT2D eigenvalue weighted by atomic mass is 16.3. The molecule has 0 saturated carbocycles. The third-order valence-corrected chi connectivity index (χ3v) is 15.0. The van der Waals surface area contributed by atoms with Gasteiger partial charge in [0.25, 0.3) is 0 Å². The van der Waals surface area contributed by atoms with E-state index in [2.05, 4.69) is 220 Å². The number of furan rings is 2. The average Bonchev–Trinajstić information content (AvgIpc) is 3.98. The molecule has 2 aromatic heterocycles. The zero-order chi connectivity index (χ0) is 44.9. The first-order chi connectivity index (χ1) is 31.0. The van der Waals surface area contributed by atoms with Crippen LogP contribution in [0.25, 0.3) is 77.3 Å². The molecule has 0 N–H and O–H groups in total. The van der Waals surface area contributed by atoms with Crippen LogP contribution >= 0.6 is 0 Å². The largest absolute Gasteiger partial charge is 0.455 e. The van der Waals surface area contributed by atoms with Gasteiger partial charge in [0.05, 0.1) is 0 Å². The van der Waals surface area contributed by atoms with Crippen molar-refractivity contribution in [3.63, 3.8) is 0 Å². The van der Waals surface area contributed by atoms with Crippen molar-refractivity contribution < 1.29 is 8.83 Å². The highest BCUT2D eigenvalue weighted by Gasteiger charge is 2.40. The van der Waals surface area contributed by atoms with E-state index in [1.54, 1.807) is 0 Å². The molecule has 0 fully saturated rings. The zero-order valence-corrected chi connectivity index (χ0v) is 39.2. The molecule has 0 spiro atoms. The second kappa shape index (κ2) is 13.4. The molecule has 2 aliphatic rings. The molecular weight excluding hydrogens is 791 g/mol. The molecule has 3 nitrogen and oxygen atoms in total. The van der Waals surface area contributed by atoms with Gasteiger partial charge in [-0.15, -0.1) is 0 Å². The monoisotopic (exact) mass is 845 g/mol. The summed E-state index contributed by atoms with van der Waals surface area (Å²) in [5, 5.41) is 4.67. The van der Waals surface area contributed by atoms with E-state index in [1.807, 2.05) is 6.07 Å². The first-order valence-corrected chi connectivity index (χ1v) is 23.2. The summed E-state index contributed by atoms with van der Waals surface area (Å²) < 4.78 is 13.6. The summed E-state index contributed by atoms with van der Waals surface area (Å²) in [5.74, 6) is 0. The van der Waals surface area contributed by atoms with E-state index in [9.17, 15) is 0 Å². The minimum atomic E-state index is -0.264. The van der Waals surface area contributed by atoms with Gasteiger partial charge in [0, 0.05) is 66.1 Å². The predicted octanol–water partition coefficient (Wildman–Crippen LogP) is 17.8. The fraction of sp³-hybridized carbons (Fsp3) is 0.226. The highest BCUT2D eigenvalue weighted by Crippen LogP contribution is 2.56. The Kier molecular flexibility index (Phi) is 8.17. The molecule has 2 heterocycles. The Morgan fingerprint density at radius 3 is 1.74 bits per heavy atom. The molecule has 0 atom stereocenters. The van der Waals surface area contributed by atoms with Crippen LogP contribution in [0.3, 0.4) is 0 Å². The lowest BCUT2D eigenvalue weighted by Crippen LogP contribution is -2.18. The molecule has 12 rings (SSSR count). The lowest BCUT2D eigenvalue weighted by molar-refractivity contribution is 0.559. The van der Waals surface area contributed by atoms with Gasteiger partial charge in [-0.2, -0.15) is 0 Å². The van der Waals surface area contributed by atoms with E-state index in [1.165, 1.54) is 66.4 Å². The first-order valence-electron chi connectivity index (χ1n) is 23.2. The van der Waals surface area contributed by atoms with Crippen molar-refractivity contribution in [3.05, 3.63) is 185 Å². The van der Waals surface area contributed by atoms with Crippen LogP contribution in [0, 0.1) is 0 Å². The Bertz CT molecular complexity index is 3610. The fourth-order valence-corrected chi connectivity index (χ4v) is 11.3. The zero-order valence-electron chi connectivity index (χ0n) is 39.2. The summed E-state index contributed by atoms with van der Waals surface area (Å²) in [6, 6.07) is 56.4. The van der Waals surface area contributed by atoms with E-state index < -0.39 is 0 Å². The van der Waals surface area contributed by atoms with Crippen molar-refractivity contribution >= 4 is 60.9 Å². The van der Waals surface area contributed by atoms with E-state index in [4.69, 9.17) is 8.83 Å². The van der Waals surface area contributed by atoms with Gasteiger partial charge in [-0.25, -0.2) is 0 Å². The Labute approximate surface area is 382 Å². The molecule has 0 unspecified atom stereocenters. The van der Waals surface area contributed by atoms with Gasteiger partial charge < -0.3 is 13.7 Å². The maximum Gasteiger partial charge on any atom is 0.143 e. The van der Waals surface area contributed by atoms with Crippen LogP contribution in [0.15, 0.2) is 160 Å². The number of anilines is 3. The normalized spacial score (nSPS) is 14.9. The molecule has 320 valence electrons. The Morgan fingerprint density at radius 1 is 0.400 bits per heavy atom. The van der Waals surface area contributed by atoms with Crippen LogP contribution < -0.4 is 4.90 Å². The molecule has 2 aliphatic carbocycles. The number of hydrogen-bond donors (Lipinski definition) is 0. The standard InChI is InChI=1S/C62H55NO2/c1-59(2,3)37-32-48-46-30-31-50-55(58(46)65-57(48)53(33-37)60(4,5)6)47-29-27-40(35-52(47)62(50,9)10)63(39-26-28-43-42-16-11-13-20-49(42)61(7,8)51(43)34-39)38-24-22-36(23-25-38)41-18-15-19-45-44-17-12-14-21-54(44)64-56(41)45/h11-35H,1-10H3. The number of nitrogens with zero attached hydrogens (tertiary/aromatic N) is 1. The van der Waals surface area contributed by atoms with Crippen LogP contribution in [0.5, 0.6) is 0 Å². The Morgan fingerprint density at radius 2 is 1.00 bits per heavy atom. The quantitative estimate of drug-likeness (QED) is 0.177. The SMILES string of the molecule is CC(C)(C)c1cc(C(C)(C)C)c2oc3c4c(ccc3c2c1)C(C)(C)c1cc(N(c2ccc(-c3cccc5c3oc3ccccc35)cc2)c2ccc3c(c2)C(C)(C)c2ccccc2-3)ccc1-4. The minimum absolute atomic E-state index is 0.00679. The molecule has 8 aromatic carbocycles. The van der Waals surface area contributed by atoms with Crippen molar-refractivity contribution in [1.29, 1.82) is 0 Å². The minimum Gasteiger partial charge on any atom is -0.455 e. The maximum atomic E-state index is 7.15. The van der Waals surface area contributed by atoms with Gasteiger partial charge in [0.2, 0.25) is 0 Å². The van der Waals surface area contributed by atoms with Crippen LogP contribution in [0.1, 0.15) is 103 Å². The first kappa shape index (κ1) is 39.7. The maximum absolute atomic E-state index is 7.15. The molecule has 0 bridgehead atoms. The second-order valence-corrected chi connectivity index (χ2v) is 21.8. The summed E-state index contributed by atoms with van der Waals surface area (Å²) >= 11 is 0. The molecule has 0 aliphatic heterocycles. The highest BCUT2D eigenvalue weighted by molar-refractivity contribution is 6.13. The van der Waals surface area contributed by atoms with Crippen molar-refractivity contribution in [3.8, 4) is 33.4 Å². The van der Waals surface area contributed by atoms with Crippen LogP contribution in [0.4, 0.5) is 17.1 Å². The van der Waals surface area contributed by atoms with Crippen LogP contribution in [-0.2, 0) is 21.7 Å². The van der Waals surface area contributed by atoms with Gasteiger partial charge >= 0.3 is 0 Å². The second-order valence-electron chi connectivity index (χ2n) is 21.8. The molecule has 0 radical (unpaired) electrons. The summed E-state index contributed by atoms with van der Waals surface area (Å²) in [5.41, 5.74) is 21.9. The Balaban J connectivity index is 1.03. The molecule has 10 aromatic rings. The van der Waals surface area contributed by atoms with E-state index in [0.29, 0.717) is 0 Å². The third-order valence-electron chi connectivity index (χ3n) is 15.0. The molecule has 0 saturated heterocycles. The van der Waals surface area contributed by atoms with Crippen LogP contribution in [-0.4, -0.2) is 0 Å². The van der Waals surface area contributed by atoms with Crippen molar-refractivity contribution in [1.82, 2.24) is 0 Å². The van der Waals surface area contributed by atoms with Crippen molar-refractivity contribution in [2.75, 3.05) is 4.90 Å². The van der Waals surface area contributed by atoms with E-state index in [0.717, 1.165) is 61.3 Å². The fourth-order valence-electron chi connectivity index (χ4n) is 11.3. The summed E-state index contributed by atoms with van der Waals surface area (Å²) in [4.78, 5) is 2.45. The topological polar surface area (TPSA) is 29.5 Å². The average molecular weight is 846 g/mol. The third kappa shape index (κ3) is 5.73. The summed E-state index contributed by atoms with van der Waals surface area (Å²) in [6.45, 7) is 23.3. The number of fused-ring (bicyclic) bond motifs is 13. The molecule has 65 heavy (non-hydrogen) atoms. The number of hydrogen-bond acceptors (Lipinski definition) is 3. The van der Waals surface area contributed by atoms with Gasteiger partial charge in [0.1, 0.15) is 22.3 Å². The molecule has 0 amide bonds.